The first kappa shape index (κ1) is 62.7. The number of quaternary nitrogens is 1. The molecule has 3 atom stereocenters. The number of nitrogens with zero attached hydrogens (tertiary/aromatic N) is 1. The molecule has 0 aliphatic rings. The minimum absolute atomic E-state index is 0.0558. The van der Waals surface area contributed by atoms with E-state index in [1.165, 1.54) is 199 Å². The Hall–Kier alpha value is -1.28. The van der Waals surface area contributed by atoms with Crippen LogP contribution in [0.5, 0.6) is 0 Å². The number of unbranched alkanes of at least 4 members (excludes halogenated alkanes) is 33. The van der Waals surface area contributed by atoms with Gasteiger partial charge in [-0.05, 0) is 57.8 Å². The highest BCUT2D eigenvalue weighted by molar-refractivity contribution is 7.47. The number of likely N-dealkylation sites (N-methyl/N-ethyl adjacent to an activating group) is 1. The van der Waals surface area contributed by atoms with Gasteiger partial charge in [-0.1, -0.05) is 230 Å². The first-order chi connectivity index (χ1) is 31.0. The second kappa shape index (κ2) is 46.8. The van der Waals surface area contributed by atoms with Crippen molar-refractivity contribution in [1.82, 2.24) is 5.32 Å². The number of amides is 1. The van der Waals surface area contributed by atoms with Crippen LogP contribution in [-0.4, -0.2) is 73.4 Å². The normalized spacial score (nSPS) is 14.3. The molecule has 9 heteroatoms. The van der Waals surface area contributed by atoms with Crippen LogP contribution in [0.15, 0.2) is 36.5 Å². The molecule has 0 rings (SSSR count). The molecule has 0 heterocycles. The predicted octanol–water partition coefficient (Wildman–Crippen LogP) is 16.2. The molecule has 0 saturated heterocycles. The summed E-state index contributed by atoms with van der Waals surface area (Å²) in [5.74, 6) is -0.189. The lowest BCUT2D eigenvalue weighted by Gasteiger charge is -2.25. The van der Waals surface area contributed by atoms with E-state index in [-0.39, 0.29) is 19.1 Å². The van der Waals surface area contributed by atoms with Gasteiger partial charge in [0.2, 0.25) is 5.91 Å². The third kappa shape index (κ3) is 48.6. The van der Waals surface area contributed by atoms with Gasteiger partial charge in [-0.15, -0.1) is 0 Å². The molecule has 0 saturated carbocycles. The van der Waals surface area contributed by atoms with E-state index in [0.29, 0.717) is 17.4 Å². The third-order valence-electron chi connectivity index (χ3n) is 12.3. The fraction of sp³-hybridized carbons (Fsp3) is 0.873. The van der Waals surface area contributed by atoms with E-state index in [9.17, 15) is 19.4 Å². The standard InChI is InChI=1S/C55H107N2O6P/c1-6-8-10-12-14-16-18-20-22-24-26-28-29-31-33-35-37-39-41-43-45-47-49-55(59)56-53(52-63-64(60,61)62-51-50-57(3,4)5)54(58)48-46-44-42-40-38-36-34-32-30-27-25-23-21-19-17-15-13-11-9-7-2/h29,31,38,40,46,48,53-54,58H,6-28,30,32-37,39,41-45,47,49-52H2,1-5H3,(H-,56,59,60,61)/p+1/b31-29-,40-38+,48-46+. The van der Waals surface area contributed by atoms with Gasteiger partial charge in [0.15, 0.2) is 0 Å². The lowest BCUT2D eigenvalue weighted by atomic mass is 10.0. The van der Waals surface area contributed by atoms with Gasteiger partial charge >= 0.3 is 7.82 Å². The van der Waals surface area contributed by atoms with Crippen LogP contribution in [0.3, 0.4) is 0 Å². The van der Waals surface area contributed by atoms with Crippen molar-refractivity contribution in [3.05, 3.63) is 36.5 Å². The quantitative estimate of drug-likeness (QED) is 0.0243. The van der Waals surface area contributed by atoms with E-state index in [2.05, 4.69) is 43.5 Å². The van der Waals surface area contributed by atoms with Gasteiger partial charge in [0.1, 0.15) is 13.2 Å². The predicted molar refractivity (Wildman–Crippen MR) is 277 cm³/mol. The third-order valence-corrected chi connectivity index (χ3v) is 13.3. The van der Waals surface area contributed by atoms with Gasteiger partial charge in [-0.2, -0.15) is 0 Å². The second-order valence-electron chi connectivity index (χ2n) is 19.9. The van der Waals surface area contributed by atoms with Crippen molar-refractivity contribution >= 4 is 13.7 Å². The number of phosphoric acid groups is 1. The molecule has 8 nitrogen and oxygen atoms in total. The Balaban J connectivity index is 4.30. The van der Waals surface area contributed by atoms with E-state index in [0.717, 1.165) is 38.5 Å². The lowest BCUT2D eigenvalue weighted by Crippen LogP contribution is -2.45. The lowest BCUT2D eigenvalue weighted by molar-refractivity contribution is -0.870. The summed E-state index contributed by atoms with van der Waals surface area (Å²) < 4.78 is 23.7. The highest BCUT2D eigenvalue weighted by Gasteiger charge is 2.27. The SMILES string of the molecule is CCCCCCCCCCCCC/C=C\CCCCCCCCCC(=O)NC(COP(=O)(O)OCC[N+](C)(C)C)C(O)/C=C/CC/C=C/CCCCCCCCCCCCCCCC. The van der Waals surface area contributed by atoms with E-state index in [1.807, 2.05) is 27.2 Å². The zero-order valence-corrected chi connectivity index (χ0v) is 43.9. The molecule has 0 aliphatic heterocycles. The first-order valence-electron chi connectivity index (χ1n) is 27.4. The summed E-state index contributed by atoms with van der Waals surface area (Å²) in [4.78, 5) is 23.3. The van der Waals surface area contributed by atoms with Gasteiger partial charge < -0.3 is 19.8 Å². The number of aliphatic hydroxyl groups is 1. The zero-order chi connectivity index (χ0) is 47.1. The average Bonchev–Trinajstić information content (AvgIpc) is 3.25. The second-order valence-corrected chi connectivity index (χ2v) is 21.4. The summed E-state index contributed by atoms with van der Waals surface area (Å²) in [5.41, 5.74) is 0. The highest BCUT2D eigenvalue weighted by atomic mass is 31.2. The number of rotatable bonds is 50. The molecule has 0 spiro atoms. The Morgan fingerprint density at radius 3 is 1.25 bits per heavy atom. The molecule has 0 aromatic carbocycles. The summed E-state index contributed by atoms with van der Waals surface area (Å²) in [5, 5.41) is 13.9. The number of hydrogen-bond donors (Lipinski definition) is 3. The molecule has 64 heavy (non-hydrogen) atoms. The Kier molecular flexibility index (Phi) is 45.9. The number of phosphoric ester groups is 1. The number of allylic oxidation sites excluding steroid dienone is 5. The van der Waals surface area contributed by atoms with Crippen molar-refractivity contribution in [2.45, 2.75) is 270 Å². The van der Waals surface area contributed by atoms with Crippen molar-refractivity contribution in [2.75, 3.05) is 40.9 Å². The topological polar surface area (TPSA) is 105 Å². The van der Waals surface area contributed by atoms with Crippen molar-refractivity contribution in [1.29, 1.82) is 0 Å². The van der Waals surface area contributed by atoms with Gasteiger partial charge in [0, 0.05) is 6.42 Å². The van der Waals surface area contributed by atoms with Crippen LogP contribution < -0.4 is 5.32 Å². The van der Waals surface area contributed by atoms with Crippen LogP contribution in [0.25, 0.3) is 0 Å². The summed E-state index contributed by atoms with van der Waals surface area (Å²) in [6.45, 7) is 4.82. The molecule has 0 aromatic rings. The van der Waals surface area contributed by atoms with Crippen LogP contribution in [-0.2, 0) is 18.4 Å². The number of nitrogens with one attached hydrogen (secondary N) is 1. The van der Waals surface area contributed by atoms with Crippen LogP contribution in [0, 0.1) is 0 Å². The van der Waals surface area contributed by atoms with Crippen LogP contribution in [0.2, 0.25) is 0 Å². The fourth-order valence-corrected chi connectivity index (χ4v) is 8.73. The van der Waals surface area contributed by atoms with E-state index in [1.54, 1.807) is 6.08 Å². The molecule has 3 N–H and O–H groups in total. The van der Waals surface area contributed by atoms with Gasteiger partial charge in [-0.3, -0.25) is 13.8 Å². The molecule has 1 amide bonds. The molecule has 0 aromatic heterocycles. The molecule has 0 radical (unpaired) electrons. The summed E-state index contributed by atoms with van der Waals surface area (Å²) >= 11 is 0. The molecule has 378 valence electrons. The summed E-state index contributed by atoms with van der Waals surface area (Å²) in [6, 6.07) is -0.865. The van der Waals surface area contributed by atoms with Crippen molar-refractivity contribution in [3.63, 3.8) is 0 Å². The highest BCUT2D eigenvalue weighted by Crippen LogP contribution is 2.43. The Morgan fingerprint density at radius 2 is 0.859 bits per heavy atom. The Bertz CT molecular complexity index is 1140. The molecule has 3 unspecified atom stereocenters. The Labute approximate surface area is 397 Å². The zero-order valence-electron chi connectivity index (χ0n) is 43.0. The minimum atomic E-state index is -4.35. The maximum absolute atomic E-state index is 12.9. The number of carbonyl (C=O) groups excluding carboxylic acids is 1. The smallest absolute Gasteiger partial charge is 0.387 e. The van der Waals surface area contributed by atoms with Gasteiger partial charge in [0.25, 0.3) is 0 Å². The van der Waals surface area contributed by atoms with Gasteiger partial charge in [0.05, 0.1) is 39.9 Å². The van der Waals surface area contributed by atoms with E-state index >= 15 is 0 Å². The maximum atomic E-state index is 12.9. The summed E-state index contributed by atoms with van der Waals surface area (Å²) in [7, 11) is 1.56. The van der Waals surface area contributed by atoms with Crippen molar-refractivity contribution < 1.29 is 32.9 Å². The Morgan fingerprint density at radius 1 is 0.516 bits per heavy atom. The molecule has 0 fully saturated rings. The van der Waals surface area contributed by atoms with Crippen molar-refractivity contribution in [2.24, 2.45) is 0 Å². The van der Waals surface area contributed by atoms with Crippen LogP contribution in [0.1, 0.15) is 258 Å². The first-order valence-corrected chi connectivity index (χ1v) is 28.9. The van der Waals surface area contributed by atoms with Gasteiger partial charge in [-0.25, -0.2) is 4.57 Å². The fourth-order valence-electron chi connectivity index (χ4n) is 7.99. The monoisotopic (exact) mass is 924 g/mol. The average molecular weight is 924 g/mol. The largest absolute Gasteiger partial charge is 0.472 e. The molecule has 0 aliphatic carbocycles. The maximum Gasteiger partial charge on any atom is 0.472 e. The number of carbonyl (C=O) groups is 1. The van der Waals surface area contributed by atoms with Crippen LogP contribution >= 0.6 is 7.82 Å². The minimum Gasteiger partial charge on any atom is -0.387 e. The molecular weight excluding hydrogens is 816 g/mol. The summed E-state index contributed by atoms with van der Waals surface area (Å²) in [6.07, 6.45) is 59.5. The van der Waals surface area contributed by atoms with Crippen LogP contribution in [0.4, 0.5) is 0 Å². The van der Waals surface area contributed by atoms with E-state index < -0.39 is 20.0 Å². The molecular formula is C55H108N2O6P+. The number of hydrogen-bond acceptors (Lipinski definition) is 5. The van der Waals surface area contributed by atoms with E-state index in [4.69, 9.17) is 9.05 Å². The van der Waals surface area contributed by atoms with Crippen molar-refractivity contribution in [3.8, 4) is 0 Å². The molecule has 0 bridgehead atoms. The number of aliphatic hydroxyl groups excluding tert-OH is 1.